The number of carbonyl (C=O) groups excluding carboxylic acids is 2. The zero-order valence-corrected chi connectivity index (χ0v) is 17.7. The Hall–Kier alpha value is -2.80. The Morgan fingerprint density at radius 3 is 2.38 bits per heavy atom. The van der Waals surface area contributed by atoms with E-state index in [1.54, 1.807) is 31.3 Å². The Balaban J connectivity index is 1.43. The predicted octanol–water partition coefficient (Wildman–Crippen LogP) is 2.76. The number of halogens is 1. The summed E-state index contributed by atoms with van der Waals surface area (Å²) in [5, 5.41) is 4.04. The molecule has 7 nitrogen and oxygen atoms in total. The molecule has 0 unspecified atom stereocenters. The summed E-state index contributed by atoms with van der Waals surface area (Å²) < 4.78 is 1.99. The zero-order chi connectivity index (χ0) is 21.0. The molecule has 1 aliphatic rings. The first-order valence-electron chi connectivity index (χ1n) is 9.60. The number of guanidine groups is 1. The highest BCUT2D eigenvalue weighted by Gasteiger charge is 2.34. The van der Waals surface area contributed by atoms with Crippen molar-refractivity contribution < 1.29 is 9.59 Å². The third-order valence-corrected chi connectivity index (χ3v) is 5.22. The van der Waals surface area contributed by atoms with Gasteiger partial charge >= 0.3 is 0 Å². The predicted molar refractivity (Wildman–Crippen MR) is 114 cm³/mol. The van der Waals surface area contributed by atoms with E-state index in [2.05, 4.69) is 10.3 Å². The molecule has 0 radical (unpaired) electrons. The maximum Gasteiger partial charge on any atom is 0.261 e. The number of hydrogen-bond donors (Lipinski definition) is 1. The Morgan fingerprint density at radius 2 is 1.83 bits per heavy atom. The van der Waals surface area contributed by atoms with Crippen molar-refractivity contribution in [1.82, 2.24) is 19.7 Å². The fraction of sp³-hybridized carbons (Fsp3) is 0.381. The Morgan fingerprint density at radius 1 is 1.17 bits per heavy atom. The molecular weight excluding hydrogens is 390 g/mol. The second-order valence-corrected chi connectivity index (χ2v) is 7.54. The Kier molecular flexibility index (Phi) is 6.59. The van der Waals surface area contributed by atoms with Crippen LogP contribution in [0.4, 0.5) is 0 Å². The molecule has 8 heteroatoms. The van der Waals surface area contributed by atoms with Crippen molar-refractivity contribution in [2.45, 2.75) is 19.4 Å². The van der Waals surface area contributed by atoms with Gasteiger partial charge < -0.3 is 14.8 Å². The second-order valence-electron chi connectivity index (χ2n) is 7.11. The zero-order valence-electron chi connectivity index (χ0n) is 17.0. The van der Waals surface area contributed by atoms with Gasteiger partial charge in [0.25, 0.3) is 11.8 Å². The molecular formula is C21H26ClN5O2. The van der Waals surface area contributed by atoms with Crippen molar-refractivity contribution in [2.24, 2.45) is 12.0 Å². The first-order valence-corrected chi connectivity index (χ1v) is 9.98. The van der Waals surface area contributed by atoms with Crippen LogP contribution in [0.1, 0.15) is 39.3 Å². The van der Waals surface area contributed by atoms with Crippen molar-refractivity contribution in [1.29, 1.82) is 0 Å². The van der Waals surface area contributed by atoms with Crippen molar-refractivity contribution in [3.63, 3.8) is 0 Å². The van der Waals surface area contributed by atoms with E-state index in [9.17, 15) is 9.59 Å². The molecule has 0 atom stereocenters. The fourth-order valence-corrected chi connectivity index (χ4v) is 3.74. The van der Waals surface area contributed by atoms with Gasteiger partial charge in [-0.2, -0.15) is 0 Å². The molecule has 0 fully saturated rings. The maximum absolute atomic E-state index is 12.4. The van der Waals surface area contributed by atoms with Crippen LogP contribution in [0, 0.1) is 0 Å². The average Bonchev–Trinajstić information content (AvgIpc) is 3.14. The lowest BCUT2D eigenvalue weighted by Crippen LogP contribution is -2.39. The van der Waals surface area contributed by atoms with E-state index in [4.69, 9.17) is 11.6 Å². The number of nitrogens with one attached hydrogen (secondary N) is 1. The average molecular weight is 416 g/mol. The molecule has 2 amide bonds. The number of aliphatic imine (C=N–C) groups is 1. The first-order chi connectivity index (χ1) is 13.9. The summed E-state index contributed by atoms with van der Waals surface area (Å²) in [5.41, 5.74) is 2.09. The molecule has 0 bridgehead atoms. The van der Waals surface area contributed by atoms with Crippen LogP contribution < -0.4 is 5.32 Å². The second kappa shape index (κ2) is 9.13. The van der Waals surface area contributed by atoms with Gasteiger partial charge in [-0.15, -0.1) is 0 Å². The van der Waals surface area contributed by atoms with Gasteiger partial charge in [0.05, 0.1) is 22.7 Å². The van der Waals surface area contributed by atoms with Gasteiger partial charge in [-0.25, -0.2) is 0 Å². The standard InChI is InChI=1S/C21H26ClN5O2/c1-23-21(26(3)14-16-12-15(22)13-25(16)2)24-10-6-7-11-27-19(28)17-8-4-5-9-18(17)20(27)29/h4-5,8-9,12-13H,6-7,10-11,14H2,1-3H3,(H,23,24). The van der Waals surface area contributed by atoms with E-state index < -0.39 is 0 Å². The molecule has 2 heterocycles. The number of aryl methyl sites for hydroxylation is 1. The number of hydrogen-bond acceptors (Lipinski definition) is 3. The minimum atomic E-state index is -0.199. The normalized spacial score (nSPS) is 13.8. The van der Waals surface area contributed by atoms with Crippen LogP contribution in [-0.2, 0) is 13.6 Å². The Bertz CT molecular complexity index is 902. The first kappa shape index (κ1) is 20.9. The van der Waals surface area contributed by atoms with Gasteiger partial charge in [-0.1, -0.05) is 23.7 Å². The number of aromatic nitrogens is 1. The van der Waals surface area contributed by atoms with Crippen LogP contribution in [0.5, 0.6) is 0 Å². The fourth-order valence-electron chi connectivity index (χ4n) is 3.46. The van der Waals surface area contributed by atoms with E-state index in [0.717, 1.165) is 24.5 Å². The lowest BCUT2D eigenvalue weighted by molar-refractivity contribution is 0.0652. The van der Waals surface area contributed by atoms with E-state index in [0.29, 0.717) is 35.8 Å². The van der Waals surface area contributed by atoms with Crippen LogP contribution >= 0.6 is 11.6 Å². The van der Waals surface area contributed by atoms with Gasteiger partial charge in [-0.3, -0.25) is 19.5 Å². The SMILES string of the molecule is CN=C(NCCCCN1C(=O)c2ccccc2C1=O)N(C)Cc1cc(Cl)cn1C. The van der Waals surface area contributed by atoms with Crippen molar-refractivity contribution in [3.05, 3.63) is 58.4 Å². The molecule has 29 heavy (non-hydrogen) atoms. The van der Waals surface area contributed by atoms with Crippen molar-refractivity contribution in [2.75, 3.05) is 27.2 Å². The number of fused-ring (bicyclic) bond motifs is 1. The minimum Gasteiger partial charge on any atom is -0.356 e. The molecule has 1 aliphatic heterocycles. The quantitative estimate of drug-likeness (QED) is 0.327. The summed E-state index contributed by atoms with van der Waals surface area (Å²) in [7, 11) is 5.68. The summed E-state index contributed by atoms with van der Waals surface area (Å²) >= 11 is 6.05. The van der Waals surface area contributed by atoms with Gasteiger partial charge in [0.2, 0.25) is 0 Å². The van der Waals surface area contributed by atoms with Gasteiger partial charge in [0.15, 0.2) is 5.96 Å². The van der Waals surface area contributed by atoms with Crippen LogP contribution in [0.25, 0.3) is 0 Å². The van der Waals surface area contributed by atoms with Gasteiger partial charge in [-0.05, 0) is 31.0 Å². The van der Waals surface area contributed by atoms with Crippen LogP contribution in [0.3, 0.4) is 0 Å². The lowest BCUT2D eigenvalue weighted by atomic mass is 10.1. The molecule has 0 spiro atoms. The molecule has 2 aromatic rings. The molecule has 0 saturated heterocycles. The topological polar surface area (TPSA) is 69.9 Å². The van der Waals surface area contributed by atoms with E-state index in [-0.39, 0.29) is 11.8 Å². The Labute approximate surface area is 176 Å². The van der Waals surface area contributed by atoms with Crippen LogP contribution in [0.15, 0.2) is 41.5 Å². The summed E-state index contributed by atoms with van der Waals surface area (Å²) in [6.45, 7) is 1.80. The molecule has 0 saturated carbocycles. The van der Waals surface area contributed by atoms with E-state index in [1.165, 1.54) is 4.90 Å². The third kappa shape index (κ3) is 4.62. The number of unbranched alkanes of at least 4 members (excludes halogenated alkanes) is 1. The van der Waals surface area contributed by atoms with Crippen molar-refractivity contribution in [3.8, 4) is 0 Å². The largest absolute Gasteiger partial charge is 0.356 e. The van der Waals surface area contributed by atoms with Gasteiger partial charge in [0.1, 0.15) is 0 Å². The van der Waals surface area contributed by atoms with E-state index >= 15 is 0 Å². The number of carbonyl (C=O) groups is 2. The summed E-state index contributed by atoms with van der Waals surface area (Å²) in [6, 6.07) is 8.91. The van der Waals surface area contributed by atoms with Crippen molar-refractivity contribution >= 4 is 29.4 Å². The monoisotopic (exact) mass is 415 g/mol. The molecule has 0 aliphatic carbocycles. The highest BCUT2D eigenvalue weighted by molar-refractivity contribution is 6.30. The van der Waals surface area contributed by atoms with Crippen LogP contribution in [-0.4, -0.2) is 59.3 Å². The molecule has 1 aromatic heterocycles. The number of amides is 2. The molecule has 3 rings (SSSR count). The van der Waals surface area contributed by atoms with E-state index in [1.807, 2.05) is 35.8 Å². The van der Waals surface area contributed by atoms with Crippen LogP contribution in [0.2, 0.25) is 5.02 Å². The lowest BCUT2D eigenvalue weighted by Gasteiger charge is -2.22. The summed E-state index contributed by atoms with van der Waals surface area (Å²) in [5.74, 6) is 0.383. The highest BCUT2D eigenvalue weighted by Crippen LogP contribution is 2.22. The summed E-state index contributed by atoms with van der Waals surface area (Å²) in [6.07, 6.45) is 3.42. The third-order valence-electron chi connectivity index (χ3n) is 5.02. The highest BCUT2D eigenvalue weighted by atomic mass is 35.5. The number of imide groups is 1. The number of benzene rings is 1. The smallest absolute Gasteiger partial charge is 0.261 e. The van der Waals surface area contributed by atoms with Gasteiger partial charge in [0, 0.05) is 46.1 Å². The number of nitrogens with zero attached hydrogens (tertiary/aromatic N) is 4. The maximum atomic E-state index is 12.4. The molecule has 1 aromatic carbocycles. The number of rotatable bonds is 7. The summed E-state index contributed by atoms with van der Waals surface area (Å²) in [4.78, 5) is 32.4. The molecule has 1 N–H and O–H groups in total. The molecule has 154 valence electrons. The minimum absolute atomic E-state index is 0.199.